The Morgan fingerprint density at radius 1 is 1.00 bits per heavy atom. The third-order valence-electron chi connectivity index (χ3n) is 3.15. The number of primary amides is 1. The molecule has 4 nitrogen and oxygen atoms in total. The van der Waals surface area contributed by atoms with Crippen molar-refractivity contribution in [1.82, 2.24) is 0 Å². The minimum Gasteiger partial charge on any atom is -0.369 e. The molecule has 1 atom stereocenters. The lowest BCUT2D eigenvalue weighted by molar-refractivity contribution is -0.119. The normalized spacial score (nSPS) is 12.8. The third-order valence-corrected chi connectivity index (χ3v) is 4.92. The summed E-state index contributed by atoms with van der Waals surface area (Å²) in [7, 11) is -3.57. The van der Waals surface area contributed by atoms with Gasteiger partial charge in [0.05, 0.1) is 15.7 Å². The van der Waals surface area contributed by atoms with Crippen LogP contribution in [0.15, 0.2) is 64.4 Å². The largest absolute Gasteiger partial charge is 0.369 e. The standard InChI is InChI=1S/C15H15NO3S/c1-11(15(16)17)12-6-5-9-14(10-12)20(18,19)13-7-3-2-4-8-13/h2-11H,1H3,(H2,16,17). The first kappa shape index (κ1) is 14.3. The van der Waals surface area contributed by atoms with Gasteiger partial charge in [-0.15, -0.1) is 0 Å². The van der Waals surface area contributed by atoms with Crippen LogP contribution in [-0.2, 0) is 14.6 Å². The number of hydrogen-bond donors (Lipinski definition) is 1. The fourth-order valence-electron chi connectivity index (χ4n) is 1.85. The topological polar surface area (TPSA) is 77.2 Å². The van der Waals surface area contributed by atoms with E-state index < -0.39 is 21.7 Å². The Labute approximate surface area is 118 Å². The molecule has 0 saturated heterocycles. The van der Waals surface area contributed by atoms with Gasteiger partial charge in [-0.2, -0.15) is 0 Å². The van der Waals surface area contributed by atoms with Gasteiger partial charge in [-0.1, -0.05) is 30.3 Å². The van der Waals surface area contributed by atoms with E-state index in [0.29, 0.717) is 5.56 Å². The molecular weight excluding hydrogens is 274 g/mol. The highest BCUT2D eigenvalue weighted by atomic mass is 32.2. The molecule has 104 valence electrons. The Hall–Kier alpha value is -2.14. The van der Waals surface area contributed by atoms with E-state index in [4.69, 9.17) is 5.73 Å². The molecule has 0 heterocycles. The summed E-state index contributed by atoms with van der Waals surface area (Å²) in [4.78, 5) is 11.6. The highest BCUT2D eigenvalue weighted by Gasteiger charge is 2.19. The summed E-state index contributed by atoms with van der Waals surface area (Å²) in [6.07, 6.45) is 0. The van der Waals surface area contributed by atoms with Crippen molar-refractivity contribution in [2.45, 2.75) is 22.6 Å². The van der Waals surface area contributed by atoms with Crippen molar-refractivity contribution < 1.29 is 13.2 Å². The first-order valence-corrected chi connectivity index (χ1v) is 7.60. The molecule has 2 rings (SSSR count). The lowest BCUT2D eigenvalue weighted by atomic mass is 10.0. The predicted molar refractivity (Wildman–Crippen MR) is 75.9 cm³/mol. The van der Waals surface area contributed by atoms with Gasteiger partial charge in [-0.05, 0) is 36.8 Å². The molecular formula is C15H15NO3S. The van der Waals surface area contributed by atoms with Crippen molar-refractivity contribution in [2.75, 3.05) is 0 Å². The van der Waals surface area contributed by atoms with Crippen LogP contribution in [0, 0.1) is 0 Å². The van der Waals surface area contributed by atoms with Crippen LogP contribution in [-0.4, -0.2) is 14.3 Å². The minimum absolute atomic E-state index is 0.161. The molecule has 1 amide bonds. The molecule has 0 aliphatic carbocycles. The van der Waals surface area contributed by atoms with Gasteiger partial charge in [0.2, 0.25) is 15.7 Å². The van der Waals surface area contributed by atoms with Crippen LogP contribution in [0.2, 0.25) is 0 Å². The monoisotopic (exact) mass is 289 g/mol. The Kier molecular flexibility index (Phi) is 3.90. The van der Waals surface area contributed by atoms with Crippen molar-refractivity contribution in [2.24, 2.45) is 5.73 Å². The SMILES string of the molecule is CC(C(N)=O)c1cccc(S(=O)(=O)c2ccccc2)c1. The van der Waals surface area contributed by atoms with Crippen LogP contribution < -0.4 is 5.73 Å². The molecule has 0 aliphatic heterocycles. The first-order valence-electron chi connectivity index (χ1n) is 6.12. The van der Waals surface area contributed by atoms with Crippen LogP contribution in [0.4, 0.5) is 0 Å². The summed E-state index contributed by atoms with van der Waals surface area (Å²) in [5.41, 5.74) is 5.84. The van der Waals surface area contributed by atoms with Gasteiger partial charge in [0.25, 0.3) is 0 Å². The van der Waals surface area contributed by atoms with E-state index in [1.807, 2.05) is 0 Å². The van der Waals surface area contributed by atoms with Crippen LogP contribution in [0.1, 0.15) is 18.4 Å². The van der Waals surface area contributed by atoms with E-state index >= 15 is 0 Å². The molecule has 2 N–H and O–H groups in total. The molecule has 20 heavy (non-hydrogen) atoms. The Balaban J connectivity index is 2.49. The average Bonchev–Trinajstić information content (AvgIpc) is 2.47. The maximum Gasteiger partial charge on any atom is 0.224 e. The average molecular weight is 289 g/mol. The number of benzene rings is 2. The quantitative estimate of drug-likeness (QED) is 0.936. The summed E-state index contributed by atoms with van der Waals surface area (Å²) in [6, 6.07) is 14.5. The van der Waals surface area contributed by atoms with Crippen molar-refractivity contribution in [3.8, 4) is 0 Å². The maximum atomic E-state index is 12.5. The van der Waals surface area contributed by atoms with Crippen molar-refractivity contribution in [3.05, 3.63) is 60.2 Å². The number of carbonyl (C=O) groups excluding carboxylic acids is 1. The third kappa shape index (κ3) is 2.72. The molecule has 2 aromatic carbocycles. The fourth-order valence-corrected chi connectivity index (χ4v) is 3.19. The van der Waals surface area contributed by atoms with Gasteiger partial charge in [-0.25, -0.2) is 8.42 Å². The fraction of sp³-hybridized carbons (Fsp3) is 0.133. The van der Waals surface area contributed by atoms with Crippen molar-refractivity contribution >= 4 is 15.7 Å². The zero-order chi connectivity index (χ0) is 14.8. The van der Waals surface area contributed by atoms with Crippen LogP contribution in [0.5, 0.6) is 0 Å². The molecule has 5 heteroatoms. The second-order valence-corrected chi connectivity index (χ2v) is 6.46. The predicted octanol–water partition coefficient (Wildman–Crippen LogP) is 2.11. The van der Waals surface area contributed by atoms with Gasteiger partial charge in [-0.3, -0.25) is 4.79 Å². The van der Waals surface area contributed by atoms with Gasteiger partial charge >= 0.3 is 0 Å². The molecule has 1 unspecified atom stereocenters. The second kappa shape index (κ2) is 5.46. The maximum absolute atomic E-state index is 12.5. The smallest absolute Gasteiger partial charge is 0.224 e. The Morgan fingerprint density at radius 3 is 2.20 bits per heavy atom. The van der Waals surface area contributed by atoms with E-state index in [1.165, 1.54) is 12.1 Å². The highest BCUT2D eigenvalue weighted by Crippen LogP contribution is 2.24. The number of amides is 1. The summed E-state index contributed by atoms with van der Waals surface area (Å²) in [6.45, 7) is 1.65. The number of hydrogen-bond acceptors (Lipinski definition) is 3. The summed E-state index contributed by atoms with van der Waals surface area (Å²) in [5, 5.41) is 0. The van der Waals surface area contributed by atoms with Gasteiger partial charge in [0.15, 0.2) is 0 Å². The first-order chi connectivity index (χ1) is 9.43. The lowest BCUT2D eigenvalue weighted by Crippen LogP contribution is -2.19. The van der Waals surface area contributed by atoms with Gasteiger partial charge < -0.3 is 5.73 Å². The zero-order valence-electron chi connectivity index (χ0n) is 11.0. The number of carbonyl (C=O) groups is 1. The molecule has 2 aromatic rings. The molecule has 0 bridgehead atoms. The molecule has 0 aliphatic rings. The molecule has 0 spiro atoms. The summed E-state index contributed by atoms with van der Waals surface area (Å²) in [5.74, 6) is -1.01. The van der Waals surface area contributed by atoms with Gasteiger partial charge in [0, 0.05) is 0 Å². The summed E-state index contributed by atoms with van der Waals surface area (Å²) < 4.78 is 24.9. The lowest BCUT2D eigenvalue weighted by Gasteiger charge is -2.10. The van der Waals surface area contributed by atoms with E-state index in [2.05, 4.69) is 0 Å². The number of sulfone groups is 1. The Bertz CT molecular complexity index is 724. The van der Waals surface area contributed by atoms with E-state index in [1.54, 1.807) is 49.4 Å². The van der Waals surface area contributed by atoms with Crippen molar-refractivity contribution in [1.29, 1.82) is 0 Å². The molecule has 0 radical (unpaired) electrons. The van der Waals surface area contributed by atoms with E-state index in [9.17, 15) is 13.2 Å². The highest BCUT2D eigenvalue weighted by molar-refractivity contribution is 7.91. The number of nitrogens with two attached hydrogens (primary N) is 1. The zero-order valence-corrected chi connectivity index (χ0v) is 11.8. The molecule has 0 fully saturated rings. The molecule has 0 saturated carbocycles. The van der Waals surface area contributed by atoms with E-state index in [0.717, 1.165) is 0 Å². The van der Waals surface area contributed by atoms with Crippen LogP contribution in [0.25, 0.3) is 0 Å². The van der Waals surface area contributed by atoms with Gasteiger partial charge in [0.1, 0.15) is 0 Å². The number of rotatable bonds is 4. The van der Waals surface area contributed by atoms with Crippen LogP contribution >= 0.6 is 0 Å². The second-order valence-electron chi connectivity index (χ2n) is 4.51. The minimum atomic E-state index is -3.57. The Morgan fingerprint density at radius 2 is 1.60 bits per heavy atom. The molecule has 0 aromatic heterocycles. The van der Waals surface area contributed by atoms with Crippen molar-refractivity contribution in [3.63, 3.8) is 0 Å². The van der Waals surface area contributed by atoms with Crippen LogP contribution in [0.3, 0.4) is 0 Å². The summed E-state index contributed by atoms with van der Waals surface area (Å²) >= 11 is 0. The van der Waals surface area contributed by atoms with E-state index in [-0.39, 0.29) is 9.79 Å².